The summed E-state index contributed by atoms with van der Waals surface area (Å²) in [7, 11) is -7.16. The summed E-state index contributed by atoms with van der Waals surface area (Å²) in [5.74, 6) is 0.197. The van der Waals surface area contributed by atoms with Crippen LogP contribution in [0.3, 0.4) is 0 Å². The summed E-state index contributed by atoms with van der Waals surface area (Å²) >= 11 is 18.4. The summed E-state index contributed by atoms with van der Waals surface area (Å²) < 4.78 is 55.5. The van der Waals surface area contributed by atoms with Crippen molar-refractivity contribution in [1.82, 2.24) is 44.3 Å². The van der Waals surface area contributed by atoms with Gasteiger partial charge in [-0.2, -0.15) is 10.2 Å². The minimum atomic E-state index is -3.59. The molecular formula is C48H59Cl3N12O8S2. The first-order valence-electron chi connectivity index (χ1n) is 23.7. The number of nitrogens with one attached hydrogen (secondary N) is 3. The van der Waals surface area contributed by atoms with Gasteiger partial charge in [0.2, 0.25) is 20.0 Å². The van der Waals surface area contributed by atoms with Gasteiger partial charge in [-0.15, -0.1) is 0 Å². The number of likely N-dealkylation sites (tertiary alicyclic amines) is 2. The summed E-state index contributed by atoms with van der Waals surface area (Å²) in [5, 5.41) is 32.4. The van der Waals surface area contributed by atoms with Crippen LogP contribution in [-0.4, -0.2) is 141 Å². The van der Waals surface area contributed by atoms with E-state index in [1.54, 1.807) is 44.1 Å². The Hall–Kier alpha value is -5.33. The molecule has 4 aliphatic heterocycles. The van der Waals surface area contributed by atoms with E-state index in [-0.39, 0.29) is 52.0 Å². The Kier molecular flexibility index (Phi) is 15.6. The largest absolute Gasteiger partial charge is 0.388 e. The predicted molar refractivity (Wildman–Crippen MR) is 282 cm³/mol. The number of hydrogen-bond donors (Lipinski definition) is 5. The monoisotopic (exact) mass is 1100 g/mol. The van der Waals surface area contributed by atoms with Gasteiger partial charge in [-0.25, -0.2) is 35.8 Å². The number of piperidine rings is 2. The quantitative estimate of drug-likeness (QED) is 0.0981. The number of amides is 2. The minimum absolute atomic E-state index is 0.193. The summed E-state index contributed by atoms with van der Waals surface area (Å²) in [4.78, 5) is 41.9. The zero-order chi connectivity index (χ0) is 52.8. The van der Waals surface area contributed by atoms with Crippen LogP contribution < -0.4 is 19.7 Å². The molecule has 2 atom stereocenters. The number of aryl methyl sites for hydroxylation is 2. The molecule has 392 valence electrons. The highest BCUT2D eigenvalue weighted by Crippen LogP contribution is 2.37. The number of carbonyl (C=O) groups excluding carboxylic acids is 2. The van der Waals surface area contributed by atoms with Crippen molar-refractivity contribution in [2.24, 2.45) is 0 Å². The molecule has 6 aromatic rings. The van der Waals surface area contributed by atoms with Gasteiger partial charge in [-0.3, -0.25) is 19.0 Å². The highest BCUT2D eigenvalue weighted by atomic mass is 35.5. The van der Waals surface area contributed by atoms with E-state index in [0.29, 0.717) is 58.4 Å². The molecule has 0 aliphatic carbocycles. The van der Waals surface area contributed by atoms with Crippen molar-refractivity contribution in [2.45, 2.75) is 89.5 Å². The third-order valence-electron chi connectivity index (χ3n) is 12.8. The Morgan fingerprint density at radius 2 is 1.11 bits per heavy atom. The zero-order valence-electron chi connectivity index (χ0n) is 41.2. The smallest absolute Gasteiger partial charge is 0.256 e. The SMILES string of the molecule is CC1(O)CNC1.Cc1cn2nc([C@@H]3CCCCN3C(=O)c3cc(Cl)ccc3NS(C)(=O)=O)cc2nc1Cl.Cc1cn2nc([C@@H]3CCCCN3C(=O)c3cc(Cl)ccc3NS(C)(=O)=O)cc2nc1N1CC(C)(O)C1. The van der Waals surface area contributed by atoms with Crippen LogP contribution in [-0.2, 0) is 20.0 Å². The third kappa shape index (κ3) is 13.0. The number of nitrogens with zero attached hydrogens (tertiary/aromatic N) is 9. The summed E-state index contributed by atoms with van der Waals surface area (Å²) in [6.45, 7) is 11.0. The molecule has 4 aromatic heterocycles. The van der Waals surface area contributed by atoms with Crippen LogP contribution in [0, 0.1) is 13.8 Å². The number of halogens is 3. The lowest BCUT2D eigenvalue weighted by atomic mass is 9.96. The molecule has 4 fully saturated rings. The summed E-state index contributed by atoms with van der Waals surface area (Å²) in [6, 6.07) is 12.2. The number of benzene rings is 2. The fraction of sp³-hybridized carbons (Fsp3) is 0.458. The van der Waals surface area contributed by atoms with Gasteiger partial charge in [0, 0.05) is 85.0 Å². The first-order chi connectivity index (χ1) is 34.2. The van der Waals surface area contributed by atoms with E-state index < -0.39 is 25.6 Å². The Balaban J connectivity index is 0.000000176. The average molecular weight is 1100 g/mol. The van der Waals surface area contributed by atoms with Gasteiger partial charge in [0.25, 0.3) is 11.8 Å². The zero-order valence-corrected chi connectivity index (χ0v) is 45.1. The van der Waals surface area contributed by atoms with Gasteiger partial charge in [0.05, 0.1) is 69.7 Å². The van der Waals surface area contributed by atoms with Gasteiger partial charge in [0.15, 0.2) is 11.3 Å². The van der Waals surface area contributed by atoms with Crippen LogP contribution in [0.2, 0.25) is 15.2 Å². The maximum Gasteiger partial charge on any atom is 0.256 e. The molecule has 4 aliphatic rings. The average Bonchev–Trinajstić information content (AvgIpc) is 3.91. The maximum absolute atomic E-state index is 13.7. The molecule has 8 heterocycles. The van der Waals surface area contributed by atoms with E-state index in [9.17, 15) is 31.5 Å². The van der Waals surface area contributed by atoms with Crippen molar-refractivity contribution in [3.8, 4) is 0 Å². The fourth-order valence-electron chi connectivity index (χ4n) is 9.32. The second-order valence-corrected chi connectivity index (χ2v) is 24.5. The number of fused-ring (bicyclic) bond motifs is 2. The number of rotatable bonds is 9. The maximum atomic E-state index is 13.7. The Labute approximate surface area is 439 Å². The van der Waals surface area contributed by atoms with E-state index in [2.05, 4.69) is 24.8 Å². The molecule has 0 radical (unpaired) electrons. The molecule has 0 unspecified atom stereocenters. The number of aliphatic hydroxyl groups is 2. The van der Waals surface area contributed by atoms with Crippen molar-refractivity contribution in [3.63, 3.8) is 0 Å². The van der Waals surface area contributed by atoms with Gasteiger partial charge < -0.3 is 30.2 Å². The van der Waals surface area contributed by atoms with Gasteiger partial charge in [0.1, 0.15) is 11.0 Å². The lowest BCUT2D eigenvalue weighted by Gasteiger charge is -2.45. The van der Waals surface area contributed by atoms with Crippen molar-refractivity contribution in [1.29, 1.82) is 0 Å². The van der Waals surface area contributed by atoms with Crippen molar-refractivity contribution in [3.05, 3.63) is 110 Å². The number of anilines is 3. The number of β-amino-alcohol motifs (C(OH)–C–C–N with tert-alkyl or cyclic N) is 2. The molecule has 10 rings (SSSR count). The van der Waals surface area contributed by atoms with Crippen LogP contribution in [0.5, 0.6) is 0 Å². The number of aromatic nitrogens is 6. The fourth-order valence-corrected chi connectivity index (χ4v) is 11.0. The Morgan fingerprint density at radius 1 is 0.671 bits per heavy atom. The van der Waals surface area contributed by atoms with E-state index in [4.69, 9.17) is 50.0 Å². The second kappa shape index (κ2) is 21.1. The predicted octanol–water partition coefficient (Wildman–Crippen LogP) is 6.43. The van der Waals surface area contributed by atoms with Crippen LogP contribution >= 0.6 is 34.8 Å². The molecule has 25 heteroatoms. The van der Waals surface area contributed by atoms with Crippen LogP contribution in [0.1, 0.15) is 108 Å². The molecule has 0 saturated carbocycles. The molecule has 2 aromatic carbocycles. The van der Waals surface area contributed by atoms with Crippen LogP contribution in [0.25, 0.3) is 11.3 Å². The Bertz CT molecular complexity index is 3260. The summed E-state index contributed by atoms with van der Waals surface area (Å²) in [5.41, 5.74) is 4.14. The summed E-state index contributed by atoms with van der Waals surface area (Å²) in [6.07, 6.45) is 10.8. The molecular weight excluding hydrogens is 1040 g/mol. The normalized spacial score (nSPS) is 19.5. The second-order valence-electron chi connectivity index (χ2n) is 19.8. The molecule has 0 spiro atoms. The number of carbonyl (C=O) groups is 2. The first kappa shape index (κ1) is 53.9. The standard InChI is InChI=1S/C24H29ClN6O4S.C20H21Cl2N5O3S.C4H9NO/c1-15-12-31-21(26-22(15)29-13-24(2,33)14-29)11-19(27-31)20-6-4-5-9-30(20)23(32)17-10-16(25)7-8-18(17)28-36(3,34)35;1-12-11-27-18(23-19(12)22)10-16(24-27)17-5-3-4-8-26(17)20(28)14-9-13(21)6-7-15(14)25-31(2,29)30;1-4(6)2-5-3-4/h7-8,10-12,20,28,33H,4-6,9,13-14H2,1-3H3;6-7,9-11,17,25H,3-5,8H2,1-2H3;5-6H,2-3H2,1H3/t20-;17-;/m00./s1. The lowest BCUT2D eigenvalue weighted by Crippen LogP contribution is -2.60. The molecule has 20 nitrogen and oxygen atoms in total. The molecule has 73 heavy (non-hydrogen) atoms. The highest BCUT2D eigenvalue weighted by molar-refractivity contribution is 7.92. The van der Waals surface area contributed by atoms with E-state index >= 15 is 0 Å². The van der Waals surface area contributed by atoms with Gasteiger partial charge in [-0.05, 0) is 103 Å². The topological polar surface area (TPSA) is 249 Å². The van der Waals surface area contributed by atoms with E-state index in [0.717, 1.165) is 86.8 Å². The van der Waals surface area contributed by atoms with Crippen molar-refractivity contribution in [2.75, 3.05) is 66.1 Å². The molecule has 5 N–H and O–H groups in total. The first-order valence-corrected chi connectivity index (χ1v) is 28.6. The van der Waals surface area contributed by atoms with E-state index in [1.165, 1.54) is 24.3 Å². The molecule has 0 bridgehead atoms. The molecule has 2 amide bonds. The lowest BCUT2D eigenvalue weighted by molar-refractivity contribution is 0.00875. The van der Waals surface area contributed by atoms with Gasteiger partial charge in [-0.1, -0.05) is 34.8 Å². The highest BCUT2D eigenvalue weighted by Gasteiger charge is 2.39. The van der Waals surface area contributed by atoms with E-state index in [1.807, 2.05) is 44.0 Å². The van der Waals surface area contributed by atoms with Crippen LogP contribution in [0.4, 0.5) is 17.2 Å². The minimum Gasteiger partial charge on any atom is -0.388 e. The number of hydrogen-bond acceptors (Lipinski definition) is 14. The van der Waals surface area contributed by atoms with Crippen molar-refractivity contribution >= 4 is 95.2 Å². The number of sulfonamides is 2. The third-order valence-corrected chi connectivity index (χ3v) is 14.8. The van der Waals surface area contributed by atoms with Crippen LogP contribution in [0.15, 0.2) is 60.9 Å². The van der Waals surface area contributed by atoms with Crippen molar-refractivity contribution < 1.29 is 36.6 Å². The molecule has 4 saturated heterocycles. The van der Waals surface area contributed by atoms with Gasteiger partial charge >= 0.3 is 0 Å². The Morgan fingerprint density at radius 3 is 1.52 bits per heavy atom.